The third-order valence-corrected chi connectivity index (χ3v) is 1.75. The van der Waals surface area contributed by atoms with Crippen LogP contribution in [-0.2, 0) is 11.2 Å². The van der Waals surface area contributed by atoms with Crippen LogP contribution in [0.4, 0.5) is 0 Å². The summed E-state index contributed by atoms with van der Waals surface area (Å²) in [6.45, 7) is 0. The average molecular weight is 177 g/mol. The van der Waals surface area contributed by atoms with Crippen LogP contribution in [0.3, 0.4) is 0 Å². The van der Waals surface area contributed by atoms with Gasteiger partial charge in [0.2, 0.25) is 0 Å². The van der Waals surface area contributed by atoms with Crippen LogP contribution in [0, 0.1) is 0 Å². The predicted molar refractivity (Wildman–Crippen MR) is 45.3 cm³/mol. The molecule has 0 amide bonds. The Morgan fingerprint density at radius 1 is 1.54 bits per heavy atom. The number of aliphatic carboxylic acids is 1. The SMILES string of the molecule is O=C(O)Cc1ccc2ncoc2c1. The summed E-state index contributed by atoms with van der Waals surface area (Å²) in [7, 11) is 0. The lowest BCUT2D eigenvalue weighted by Gasteiger charge is -1.94. The molecule has 0 radical (unpaired) electrons. The Hall–Kier alpha value is -1.84. The van der Waals surface area contributed by atoms with Crippen molar-refractivity contribution in [2.75, 3.05) is 0 Å². The van der Waals surface area contributed by atoms with Gasteiger partial charge in [0, 0.05) is 0 Å². The van der Waals surface area contributed by atoms with E-state index in [2.05, 4.69) is 4.98 Å². The maximum atomic E-state index is 10.4. The number of oxazole rings is 1. The van der Waals surface area contributed by atoms with Crippen LogP contribution in [0.2, 0.25) is 0 Å². The number of benzene rings is 1. The number of fused-ring (bicyclic) bond motifs is 1. The molecule has 0 aliphatic heterocycles. The highest BCUT2D eigenvalue weighted by atomic mass is 16.4. The maximum absolute atomic E-state index is 10.4. The first-order valence-corrected chi connectivity index (χ1v) is 3.79. The molecule has 0 bridgehead atoms. The van der Waals surface area contributed by atoms with Gasteiger partial charge in [0.25, 0.3) is 0 Å². The van der Waals surface area contributed by atoms with E-state index < -0.39 is 5.97 Å². The van der Waals surface area contributed by atoms with Crippen molar-refractivity contribution in [3.63, 3.8) is 0 Å². The van der Waals surface area contributed by atoms with Crippen molar-refractivity contribution < 1.29 is 14.3 Å². The summed E-state index contributed by atoms with van der Waals surface area (Å²) in [5, 5.41) is 8.54. The monoisotopic (exact) mass is 177 g/mol. The molecule has 2 aromatic rings. The summed E-state index contributed by atoms with van der Waals surface area (Å²) in [5.74, 6) is -0.848. The molecule has 0 atom stereocenters. The van der Waals surface area contributed by atoms with Gasteiger partial charge in [-0.1, -0.05) is 6.07 Å². The number of carboxylic acids is 1. The number of rotatable bonds is 2. The van der Waals surface area contributed by atoms with Gasteiger partial charge in [-0.2, -0.15) is 0 Å². The third kappa shape index (κ3) is 1.51. The highest BCUT2D eigenvalue weighted by Gasteiger charge is 2.03. The fraction of sp³-hybridized carbons (Fsp3) is 0.111. The predicted octanol–water partition coefficient (Wildman–Crippen LogP) is 1.45. The first-order chi connectivity index (χ1) is 6.25. The molecule has 13 heavy (non-hydrogen) atoms. The molecule has 4 heteroatoms. The fourth-order valence-corrected chi connectivity index (χ4v) is 1.18. The quantitative estimate of drug-likeness (QED) is 0.754. The summed E-state index contributed by atoms with van der Waals surface area (Å²) in [6, 6.07) is 5.17. The Labute approximate surface area is 73.8 Å². The Morgan fingerprint density at radius 3 is 3.15 bits per heavy atom. The molecule has 0 unspecified atom stereocenters. The zero-order valence-corrected chi connectivity index (χ0v) is 6.73. The van der Waals surface area contributed by atoms with Crippen LogP contribution in [0.25, 0.3) is 11.1 Å². The highest BCUT2D eigenvalue weighted by Crippen LogP contribution is 2.14. The molecule has 0 aliphatic rings. The second-order valence-corrected chi connectivity index (χ2v) is 2.72. The van der Waals surface area contributed by atoms with Crippen LogP contribution in [0.1, 0.15) is 5.56 Å². The van der Waals surface area contributed by atoms with Gasteiger partial charge in [-0.05, 0) is 17.7 Å². The first-order valence-electron chi connectivity index (χ1n) is 3.79. The van der Waals surface area contributed by atoms with E-state index in [1.807, 2.05) is 0 Å². The lowest BCUT2D eigenvalue weighted by molar-refractivity contribution is -0.136. The molecular weight excluding hydrogens is 170 g/mol. The maximum Gasteiger partial charge on any atom is 0.307 e. The Balaban J connectivity index is 2.42. The third-order valence-electron chi connectivity index (χ3n) is 1.75. The summed E-state index contributed by atoms with van der Waals surface area (Å²) in [6.07, 6.45) is 1.35. The summed E-state index contributed by atoms with van der Waals surface area (Å²) >= 11 is 0. The van der Waals surface area contributed by atoms with E-state index >= 15 is 0 Å². The molecule has 1 N–H and O–H groups in total. The zero-order valence-electron chi connectivity index (χ0n) is 6.73. The summed E-state index contributed by atoms with van der Waals surface area (Å²) in [4.78, 5) is 14.3. The van der Waals surface area contributed by atoms with Gasteiger partial charge in [-0.25, -0.2) is 4.98 Å². The molecule has 66 valence electrons. The van der Waals surface area contributed by atoms with E-state index in [9.17, 15) is 4.79 Å². The zero-order chi connectivity index (χ0) is 9.26. The van der Waals surface area contributed by atoms with E-state index in [0.717, 1.165) is 11.1 Å². The number of carboxylic acid groups (broad SMARTS) is 1. The minimum atomic E-state index is -0.848. The molecule has 0 fully saturated rings. The van der Waals surface area contributed by atoms with Gasteiger partial charge in [0.1, 0.15) is 5.52 Å². The van der Waals surface area contributed by atoms with Crippen LogP contribution in [0.15, 0.2) is 29.0 Å². The van der Waals surface area contributed by atoms with Crippen molar-refractivity contribution in [1.29, 1.82) is 0 Å². The molecule has 1 aromatic heterocycles. The fourth-order valence-electron chi connectivity index (χ4n) is 1.18. The van der Waals surface area contributed by atoms with Crippen molar-refractivity contribution in [2.45, 2.75) is 6.42 Å². The second-order valence-electron chi connectivity index (χ2n) is 2.72. The number of aromatic nitrogens is 1. The molecule has 0 saturated heterocycles. The molecular formula is C9H7NO3. The van der Waals surface area contributed by atoms with Gasteiger partial charge >= 0.3 is 5.97 Å². The standard InChI is InChI=1S/C9H7NO3/c11-9(12)4-6-1-2-7-8(3-6)13-5-10-7/h1-3,5H,4H2,(H,11,12). The minimum absolute atomic E-state index is 0.0106. The van der Waals surface area contributed by atoms with E-state index in [0.29, 0.717) is 5.58 Å². The van der Waals surface area contributed by atoms with E-state index in [1.54, 1.807) is 18.2 Å². The van der Waals surface area contributed by atoms with Crippen LogP contribution in [-0.4, -0.2) is 16.1 Å². The van der Waals surface area contributed by atoms with Crippen LogP contribution < -0.4 is 0 Å². The van der Waals surface area contributed by atoms with Gasteiger partial charge < -0.3 is 9.52 Å². The lowest BCUT2D eigenvalue weighted by atomic mass is 10.1. The summed E-state index contributed by atoms with van der Waals surface area (Å²) in [5.41, 5.74) is 2.09. The first kappa shape index (κ1) is 7.79. The lowest BCUT2D eigenvalue weighted by Crippen LogP contribution is -1.99. The molecule has 0 spiro atoms. The molecule has 1 heterocycles. The van der Waals surface area contributed by atoms with Crippen LogP contribution >= 0.6 is 0 Å². The van der Waals surface area contributed by atoms with Crippen molar-refractivity contribution in [3.8, 4) is 0 Å². The second kappa shape index (κ2) is 2.90. The molecule has 1 aromatic carbocycles. The normalized spacial score (nSPS) is 10.5. The highest BCUT2D eigenvalue weighted by molar-refractivity contribution is 5.76. The smallest absolute Gasteiger partial charge is 0.307 e. The van der Waals surface area contributed by atoms with Gasteiger partial charge in [-0.3, -0.25) is 4.79 Å². The largest absolute Gasteiger partial charge is 0.481 e. The van der Waals surface area contributed by atoms with Gasteiger partial charge in [0.15, 0.2) is 12.0 Å². The van der Waals surface area contributed by atoms with Crippen molar-refractivity contribution in [2.24, 2.45) is 0 Å². The van der Waals surface area contributed by atoms with Crippen LogP contribution in [0.5, 0.6) is 0 Å². The number of hydrogen-bond acceptors (Lipinski definition) is 3. The van der Waals surface area contributed by atoms with Crippen molar-refractivity contribution in [1.82, 2.24) is 4.98 Å². The van der Waals surface area contributed by atoms with E-state index in [4.69, 9.17) is 9.52 Å². The van der Waals surface area contributed by atoms with Gasteiger partial charge in [-0.15, -0.1) is 0 Å². The van der Waals surface area contributed by atoms with Gasteiger partial charge in [0.05, 0.1) is 6.42 Å². The van der Waals surface area contributed by atoms with E-state index in [1.165, 1.54) is 6.39 Å². The molecule has 0 aliphatic carbocycles. The Kier molecular flexibility index (Phi) is 1.73. The number of nitrogens with zero attached hydrogens (tertiary/aromatic N) is 1. The Morgan fingerprint density at radius 2 is 2.38 bits per heavy atom. The number of carbonyl (C=O) groups is 1. The summed E-state index contributed by atoms with van der Waals surface area (Å²) < 4.78 is 5.04. The number of hydrogen-bond donors (Lipinski definition) is 1. The van der Waals surface area contributed by atoms with E-state index in [-0.39, 0.29) is 6.42 Å². The molecule has 4 nitrogen and oxygen atoms in total. The van der Waals surface area contributed by atoms with Crippen molar-refractivity contribution in [3.05, 3.63) is 30.2 Å². The van der Waals surface area contributed by atoms with Crippen molar-refractivity contribution >= 4 is 17.1 Å². The average Bonchev–Trinajstić information content (AvgIpc) is 2.49. The topological polar surface area (TPSA) is 63.3 Å². The molecule has 0 saturated carbocycles. The molecule has 2 rings (SSSR count). The minimum Gasteiger partial charge on any atom is -0.481 e. The Bertz CT molecular complexity index is 447.